The molecule has 3 heterocycles. The third-order valence-corrected chi connectivity index (χ3v) is 19.2. The molecule has 0 bridgehead atoms. The van der Waals surface area contributed by atoms with Gasteiger partial charge in [0.2, 0.25) is 0 Å². The first-order chi connectivity index (χ1) is 31.4. The molecule has 11 rings (SSSR count). The molecule has 1 saturated carbocycles. The van der Waals surface area contributed by atoms with Crippen LogP contribution < -0.4 is 0 Å². The predicted molar refractivity (Wildman–Crippen MR) is 280 cm³/mol. The molecule has 2 aromatic heterocycles. The van der Waals surface area contributed by atoms with Gasteiger partial charge in [-0.2, -0.15) is 0 Å². The molecule has 1 aliphatic heterocycles. The maximum absolute atomic E-state index is 15.0. The fourth-order valence-electron chi connectivity index (χ4n) is 10.7. The largest absolute Gasteiger partial charge is 0.328 e. The Labute approximate surface area is 385 Å². The molecule has 0 N–H and O–H groups in total. The van der Waals surface area contributed by atoms with Gasteiger partial charge in [0.1, 0.15) is 0 Å². The van der Waals surface area contributed by atoms with Gasteiger partial charge in [0.05, 0.1) is 34.2 Å². The average molecular weight is 892 g/mol. The zero-order chi connectivity index (χ0) is 44.8. The number of carbonyl (C=O) groups is 2. The van der Waals surface area contributed by atoms with E-state index in [1.807, 2.05) is 4.90 Å². The molecule has 65 heavy (non-hydrogen) atoms. The van der Waals surface area contributed by atoms with Crippen LogP contribution in [0.2, 0.25) is 0 Å². The minimum Gasteiger partial charge on any atom is -0.328 e. The molecule has 9 aromatic rings. The first-order valence-corrected chi connectivity index (χ1v) is 28.6. The molecule has 1 fully saturated rings. The summed E-state index contributed by atoms with van der Waals surface area (Å²) in [5.41, 5.74) is 11.4. The molecule has 1 amide bonds. The normalized spacial score (nSPS) is 15.7. The Morgan fingerprint density at radius 2 is 0.985 bits per heavy atom. The number of para-hydroxylation sites is 2. The molecule has 328 valence electrons. The molecule has 0 atom stereocenters. The minimum absolute atomic E-state index is 0.0136. The van der Waals surface area contributed by atoms with Crippen molar-refractivity contribution < 1.29 is 9.59 Å². The first kappa shape index (κ1) is 41.7. The second kappa shape index (κ2) is 15.9. The van der Waals surface area contributed by atoms with Gasteiger partial charge in [-0.25, -0.2) is 20.1 Å². The van der Waals surface area contributed by atoms with E-state index in [4.69, 9.17) is 0 Å². The van der Waals surface area contributed by atoms with E-state index in [0.717, 1.165) is 70.6 Å². The highest BCUT2D eigenvalue weighted by molar-refractivity contribution is 8.32. The van der Waals surface area contributed by atoms with Gasteiger partial charge in [0.25, 0.3) is 5.91 Å². The van der Waals surface area contributed by atoms with Crippen LogP contribution in [0.1, 0.15) is 59.7 Å². The number of fused-ring (bicyclic) bond motifs is 7. The number of carbonyl (C=O) groups excluding carboxylic acids is 2. The summed E-state index contributed by atoms with van der Waals surface area (Å²) < 4.78 is 4.71. The number of hydrogen-bond donors (Lipinski definition) is 0. The fraction of sp³-hybridized carbons (Fsp3) is 0.241. The van der Waals surface area contributed by atoms with Crippen LogP contribution in [0.15, 0.2) is 155 Å². The molecular weight excluding hydrogens is 835 g/mol. The number of benzene rings is 7. The van der Waals surface area contributed by atoms with E-state index in [1.165, 1.54) is 54.3 Å². The maximum atomic E-state index is 15.0. The highest BCUT2D eigenvalue weighted by Gasteiger charge is 2.38. The van der Waals surface area contributed by atoms with Crippen molar-refractivity contribution >= 4 is 75.4 Å². The van der Waals surface area contributed by atoms with Crippen molar-refractivity contribution in [2.24, 2.45) is 0 Å². The number of aromatic nitrogens is 2. The molecule has 2 aliphatic rings. The minimum atomic E-state index is -0.898. The van der Waals surface area contributed by atoms with Crippen LogP contribution in [0.25, 0.3) is 77.2 Å². The molecule has 0 radical (unpaired) electrons. The highest BCUT2D eigenvalue weighted by Crippen LogP contribution is 2.51. The molecule has 1 aliphatic carbocycles. The van der Waals surface area contributed by atoms with Crippen LogP contribution in [-0.2, 0) is 0 Å². The zero-order valence-corrected chi connectivity index (χ0v) is 40.0. The van der Waals surface area contributed by atoms with Gasteiger partial charge in [-0.1, -0.05) is 99.0 Å². The average Bonchev–Trinajstić information content (AvgIpc) is 3.84. The lowest BCUT2D eigenvalue weighted by Gasteiger charge is -2.38. The van der Waals surface area contributed by atoms with Crippen molar-refractivity contribution in [2.45, 2.75) is 54.9 Å². The van der Waals surface area contributed by atoms with Gasteiger partial charge in [-0.3, -0.25) is 9.59 Å². The van der Waals surface area contributed by atoms with E-state index < -0.39 is 20.1 Å². The summed E-state index contributed by atoms with van der Waals surface area (Å²) in [4.78, 5) is 34.4. The zero-order valence-electron chi connectivity index (χ0n) is 38.4. The molecule has 5 nitrogen and oxygen atoms in total. The third-order valence-electron chi connectivity index (χ3n) is 14.5. The van der Waals surface area contributed by atoms with Crippen LogP contribution in [-0.4, -0.2) is 75.3 Å². The summed E-state index contributed by atoms with van der Waals surface area (Å²) in [7, 11) is -1.79. The van der Waals surface area contributed by atoms with Crippen molar-refractivity contribution in [3.05, 3.63) is 157 Å². The number of Topliss-reactive ketones (excluding diaryl/α,β-unsaturated/α-hetero) is 1. The lowest BCUT2D eigenvalue weighted by Crippen LogP contribution is -2.48. The van der Waals surface area contributed by atoms with Crippen molar-refractivity contribution in [1.29, 1.82) is 0 Å². The quantitative estimate of drug-likeness (QED) is 0.153. The van der Waals surface area contributed by atoms with Crippen molar-refractivity contribution in [3.8, 4) is 33.6 Å². The van der Waals surface area contributed by atoms with Gasteiger partial charge in [-0.15, -0.1) is 0 Å². The fourth-order valence-corrected chi connectivity index (χ4v) is 12.8. The predicted octanol–water partition coefficient (Wildman–Crippen LogP) is 14.7. The number of amides is 1. The van der Waals surface area contributed by atoms with Crippen LogP contribution in [0, 0.1) is 0 Å². The highest BCUT2D eigenvalue weighted by atomic mass is 32.3. The van der Waals surface area contributed by atoms with Crippen molar-refractivity contribution in [3.63, 3.8) is 0 Å². The Balaban J connectivity index is 1.01. The number of nitrogens with zero attached hydrogens (tertiary/aromatic N) is 3. The standard InChI is InChI=1S/C58H57N3O2S2/c1-7-65(5,6)44-30-34-54-50(36-44)48-18-12-14-20-52(48)61(54)42-27-23-39(24-28-42)46-32-31-45(56-55(62)37-59(58(63)57(46)56)40-15-9-8-10-16-40)38-21-25-41(26-22-38)60-51-19-13-11-17-47(51)49-35-43(64(2,3)4)29-33-53(49)60/h11-14,17-36,40H,7-10,15-16,37H2,1-6H3. The maximum Gasteiger partial charge on any atom is 0.255 e. The molecule has 7 aromatic carbocycles. The van der Waals surface area contributed by atoms with E-state index >= 15 is 4.79 Å². The number of ketones is 1. The first-order valence-electron chi connectivity index (χ1n) is 23.1. The number of hydrogen-bond acceptors (Lipinski definition) is 2. The van der Waals surface area contributed by atoms with Crippen molar-refractivity contribution in [1.82, 2.24) is 14.0 Å². The monoisotopic (exact) mass is 891 g/mol. The second-order valence-corrected chi connectivity index (χ2v) is 27.7. The summed E-state index contributed by atoms with van der Waals surface area (Å²) >= 11 is 0. The van der Waals surface area contributed by atoms with E-state index in [2.05, 4.69) is 193 Å². The lowest BCUT2D eigenvalue weighted by atomic mass is 9.83. The Morgan fingerprint density at radius 3 is 1.51 bits per heavy atom. The van der Waals surface area contributed by atoms with E-state index in [9.17, 15) is 4.79 Å². The molecule has 7 heteroatoms. The van der Waals surface area contributed by atoms with E-state index in [0.29, 0.717) is 11.1 Å². The Hall–Kier alpha value is -6.02. The van der Waals surface area contributed by atoms with Crippen LogP contribution in [0.5, 0.6) is 0 Å². The molecular formula is C58H57N3O2S2. The molecule has 0 saturated heterocycles. The molecule has 0 spiro atoms. The topological polar surface area (TPSA) is 47.2 Å². The summed E-state index contributed by atoms with van der Waals surface area (Å²) in [6.45, 7) is 2.41. The van der Waals surface area contributed by atoms with Gasteiger partial charge >= 0.3 is 0 Å². The number of rotatable bonds is 8. The Morgan fingerprint density at radius 1 is 0.508 bits per heavy atom. The summed E-state index contributed by atoms with van der Waals surface area (Å²) in [6.07, 6.45) is 17.1. The van der Waals surface area contributed by atoms with Crippen LogP contribution in [0.3, 0.4) is 0 Å². The summed E-state index contributed by atoms with van der Waals surface area (Å²) in [6, 6.07) is 52.7. The summed E-state index contributed by atoms with van der Waals surface area (Å²) in [5.74, 6) is 1.13. The van der Waals surface area contributed by atoms with Gasteiger partial charge < -0.3 is 14.0 Å². The van der Waals surface area contributed by atoms with Crippen LogP contribution in [0.4, 0.5) is 0 Å². The lowest BCUT2D eigenvalue weighted by molar-refractivity contribution is 0.0569. The van der Waals surface area contributed by atoms with Gasteiger partial charge in [0.15, 0.2) is 5.78 Å². The second-order valence-electron chi connectivity index (χ2n) is 19.4. The van der Waals surface area contributed by atoms with Crippen LogP contribution >= 0.6 is 20.1 Å². The molecule has 0 unspecified atom stereocenters. The van der Waals surface area contributed by atoms with Gasteiger partial charge in [0, 0.05) is 44.5 Å². The third kappa shape index (κ3) is 6.93. The van der Waals surface area contributed by atoms with E-state index in [1.54, 1.807) is 0 Å². The van der Waals surface area contributed by atoms with E-state index in [-0.39, 0.29) is 24.3 Å². The smallest absolute Gasteiger partial charge is 0.255 e. The summed E-state index contributed by atoms with van der Waals surface area (Å²) in [5, 5.41) is 5.01. The SMILES string of the molecule is CCS(C)(C)c1ccc2c(c1)c1ccccc1n2-c1ccc(-c2ccc(-c3ccc(-n4c5ccccc5c5cc(S(C)(C)C)ccc54)cc3)c3c2C(=O)N(C2CCCCC2)CC3=O)cc1. The van der Waals surface area contributed by atoms with Crippen molar-refractivity contribution in [2.75, 3.05) is 43.6 Å². The Kier molecular flexibility index (Phi) is 10.2. The van der Waals surface area contributed by atoms with Gasteiger partial charge in [-0.05, 0) is 155 Å². The Bertz CT molecular complexity index is 3360.